The fourth-order valence-corrected chi connectivity index (χ4v) is 6.88. The second kappa shape index (κ2) is 10.1. The van der Waals surface area contributed by atoms with E-state index in [4.69, 9.17) is 4.74 Å². The first-order valence-electron chi connectivity index (χ1n) is 14.7. The van der Waals surface area contributed by atoms with Gasteiger partial charge in [0.15, 0.2) is 5.65 Å². The van der Waals surface area contributed by atoms with Gasteiger partial charge >= 0.3 is 0 Å². The fourth-order valence-electron chi connectivity index (χ4n) is 6.88. The lowest BCUT2D eigenvalue weighted by atomic mass is 9.80. The number of ether oxygens (including phenoxy) is 1. The average Bonchev–Trinajstić information content (AvgIpc) is 3.62. The summed E-state index contributed by atoms with van der Waals surface area (Å²) < 4.78 is 8.81. The topological polar surface area (TPSA) is 106 Å². The van der Waals surface area contributed by atoms with Gasteiger partial charge in [0.2, 0.25) is 5.91 Å². The van der Waals surface area contributed by atoms with Crippen LogP contribution in [0.4, 0.5) is 0 Å². The number of fused-ring (bicyclic) bond motifs is 1. The van der Waals surface area contributed by atoms with Crippen LogP contribution in [0.3, 0.4) is 0 Å². The van der Waals surface area contributed by atoms with Crippen molar-refractivity contribution in [1.29, 1.82) is 0 Å². The molecule has 5 heterocycles. The number of carbonyl (C=O) groups excluding carboxylic acids is 1. The number of amides is 1. The van der Waals surface area contributed by atoms with Gasteiger partial charge in [-0.3, -0.25) is 19.1 Å². The number of hydrogen-bond acceptors (Lipinski definition) is 7. The molecule has 1 N–H and O–H groups in total. The number of piperidine rings is 1. The molecule has 10 heteroatoms. The van der Waals surface area contributed by atoms with Crippen LogP contribution in [0.15, 0.2) is 41.6 Å². The summed E-state index contributed by atoms with van der Waals surface area (Å²) >= 11 is 0. The van der Waals surface area contributed by atoms with E-state index < -0.39 is 5.60 Å². The summed E-state index contributed by atoms with van der Waals surface area (Å²) in [6, 6.07) is 8.31. The quantitative estimate of drug-likeness (QED) is 0.506. The molecular formula is C30H38N6O4. The normalized spacial score (nSPS) is 22.8. The van der Waals surface area contributed by atoms with E-state index in [2.05, 4.69) is 27.1 Å². The number of nitrogens with zero attached hydrogens (tertiary/aromatic N) is 6. The van der Waals surface area contributed by atoms with Gasteiger partial charge in [-0.25, -0.2) is 9.67 Å². The molecule has 10 nitrogen and oxygen atoms in total. The molecule has 2 aromatic heterocycles. The third kappa shape index (κ3) is 4.97. The minimum atomic E-state index is -1.04. The van der Waals surface area contributed by atoms with E-state index in [9.17, 15) is 14.7 Å². The molecule has 0 unspecified atom stereocenters. The number of benzene rings is 1. The number of aromatic nitrogens is 4. The van der Waals surface area contributed by atoms with Crippen molar-refractivity contribution in [3.8, 4) is 5.69 Å². The maximum absolute atomic E-state index is 13.4. The first kappa shape index (κ1) is 25.9. The summed E-state index contributed by atoms with van der Waals surface area (Å²) in [5.41, 5.74) is 1.77. The number of hydrogen-bond donors (Lipinski definition) is 1. The maximum atomic E-state index is 13.4. The van der Waals surface area contributed by atoms with Gasteiger partial charge in [-0.2, -0.15) is 5.10 Å². The first-order valence-corrected chi connectivity index (χ1v) is 14.7. The lowest BCUT2D eigenvalue weighted by Crippen LogP contribution is -2.50. The number of carbonyl (C=O) groups is 1. The van der Waals surface area contributed by atoms with Crippen LogP contribution < -0.4 is 5.56 Å². The van der Waals surface area contributed by atoms with Gasteiger partial charge in [0.25, 0.3) is 5.56 Å². The van der Waals surface area contributed by atoms with Gasteiger partial charge < -0.3 is 14.7 Å². The van der Waals surface area contributed by atoms with Crippen molar-refractivity contribution >= 4 is 16.9 Å². The Morgan fingerprint density at radius 1 is 1.07 bits per heavy atom. The molecule has 1 aromatic carbocycles. The molecule has 4 aliphatic rings. The Morgan fingerprint density at radius 2 is 1.88 bits per heavy atom. The highest BCUT2D eigenvalue weighted by atomic mass is 16.5. The number of likely N-dealkylation sites (tertiary alicyclic amines) is 2. The highest BCUT2D eigenvalue weighted by molar-refractivity contribution is 5.81. The molecule has 7 rings (SSSR count). The van der Waals surface area contributed by atoms with Crippen LogP contribution in [-0.4, -0.2) is 85.1 Å². The third-order valence-corrected chi connectivity index (χ3v) is 9.58. The predicted molar refractivity (Wildman–Crippen MR) is 149 cm³/mol. The van der Waals surface area contributed by atoms with E-state index >= 15 is 0 Å². The molecule has 0 atom stereocenters. The molecule has 4 fully saturated rings. The first-order chi connectivity index (χ1) is 19.4. The van der Waals surface area contributed by atoms with Crippen LogP contribution >= 0.6 is 0 Å². The molecule has 0 radical (unpaired) electrons. The lowest BCUT2D eigenvalue weighted by molar-refractivity contribution is -0.137. The van der Waals surface area contributed by atoms with E-state index in [0.717, 1.165) is 64.2 Å². The van der Waals surface area contributed by atoms with E-state index in [-0.39, 0.29) is 23.9 Å². The van der Waals surface area contributed by atoms with Gasteiger partial charge in [-0.15, -0.1) is 0 Å². The molecule has 1 saturated carbocycles. The number of aliphatic hydroxyl groups is 1. The molecule has 3 saturated heterocycles. The smallest absolute Gasteiger partial charge is 0.264 e. The minimum absolute atomic E-state index is 0.157. The Balaban J connectivity index is 1.05. The Hall–Kier alpha value is -3.08. The van der Waals surface area contributed by atoms with Gasteiger partial charge in [-0.05, 0) is 74.6 Å². The molecule has 212 valence electrons. The third-order valence-electron chi connectivity index (χ3n) is 9.58. The molecular weight excluding hydrogens is 508 g/mol. The van der Waals surface area contributed by atoms with Crippen LogP contribution in [0.25, 0.3) is 16.7 Å². The fraction of sp³-hybridized carbons (Fsp3) is 0.600. The van der Waals surface area contributed by atoms with Gasteiger partial charge in [0.05, 0.1) is 24.0 Å². The summed E-state index contributed by atoms with van der Waals surface area (Å²) in [5.74, 6) is 0.393. The SMILES string of the molecule is O=C(C1CC1)N1CCC(O)(Cn2cnc3c(cnn3-c3cccc(CN4CCC5(CCOCC5)C4)c3)c2=O)CC1. The van der Waals surface area contributed by atoms with Crippen LogP contribution in [0.2, 0.25) is 0 Å². The van der Waals surface area contributed by atoms with E-state index in [1.54, 1.807) is 10.9 Å². The van der Waals surface area contributed by atoms with Crippen LogP contribution in [0, 0.1) is 11.3 Å². The molecule has 3 aliphatic heterocycles. The van der Waals surface area contributed by atoms with Gasteiger partial charge in [0.1, 0.15) is 11.7 Å². The molecule has 1 aliphatic carbocycles. The summed E-state index contributed by atoms with van der Waals surface area (Å²) in [7, 11) is 0. The second-order valence-corrected chi connectivity index (χ2v) is 12.5. The Kier molecular flexibility index (Phi) is 6.52. The summed E-state index contributed by atoms with van der Waals surface area (Å²) in [6.45, 7) is 6.08. The highest BCUT2D eigenvalue weighted by Crippen LogP contribution is 2.40. The summed E-state index contributed by atoms with van der Waals surface area (Å²) in [4.78, 5) is 34.8. The zero-order chi connectivity index (χ0) is 27.3. The van der Waals surface area contributed by atoms with E-state index in [0.29, 0.717) is 42.4 Å². The lowest BCUT2D eigenvalue weighted by Gasteiger charge is -2.38. The minimum Gasteiger partial charge on any atom is -0.388 e. The van der Waals surface area contributed by atoms with Crippen LogP contribution in [0.1, 0.15) is 50.5 Å². The van der Waals surface area contributed by atoms with Crippen molar-refractivity contribution < 1.29 is 14.6 Å². The van der Waals surface area contributed by atoms with Crippen molar-refractivity contribution in [2.24, 2.45) is 11.3 Å². The van der Waals surface area contributed by atoms with Crippen molar-refractivity contribution in [2.45, 2.75) is 63.6 Å². The Labute approximate surface area is 233 Å². The Bertz CT molecular complexity index is 1460. The molecule has 1 amide bonds. The molecule has 0 bridgehead atoms. The largest absolute Gasteiger partial charge is 0.388 e. The summed E-state index contributed by atoms with van der Waals surface area (Å²) in [5, 5.41) is 16.2. The molecule has 1 spiro atoms. The standard InChI is InChI=1S/C30H38N6O4/c37-27(23-4-5-23)34-12-7-30(39,8-13-34)20-35-21-31-26-25(28(35)38)17-32-36(26)24-3-1-2-22(16-24)18-33-11-6-29(19-33)9-14-40-15-10-29/h1-3,16-17,21,23,39H,4-15,18-20H2. The highest BCUT2D eigenvalue weighted by Gasteiger charge is 2.40. The van der Waals surface area contributed by atoms with Gasteiger partial charge in [0, 0.05) is 45.3 Å². The van der Waals surface area contributed by atoms with Crippen molar-refractivity contribution in [3.05, 3.63) is 52.7 Å². The van der Waals surface area contributed by atoms with Crippen molar-refractivity contribution in [1.82, 2.24) is 29.1 Å². The van der Waals surface area contributed by atoms with E-state index in [1.165, 1.54) is 22.9 Å². The van der Waals surface area contributed by atoms with Crippen LogP contribution in [-0.2, 0) is 22.6 Å². The van der Waals surface area contributed by atoms with Gasteiger partial charge in [-0.1, -0.05) is 12.1 Å². The zero-order valence-electron chi connectivity index (χ0n) is 23.0. The average molecular weight is 547 g/mol. The molecule has 40 heavy (non-hydrogen) atoms. The van der Waals surface area contributed by atoms with Crippen LogP contribution in [0.5, 0.6) is 0 Å². The Morgan fingerprint density at radius 3 is 2.65 bits per heavy atom. The summed E-state index contributed by atoms with van der Waals surface area (Å²) in [6.07, 6.45) is 9.50. The number of rotatable bonds is 6. The maximum Gasteiger partial charge on any atom is 0.264 e. The van der Waals surface area contributed by atoms with E-state index in [1.807, 2.05) is 17.0 Å². The van der Waals surface area contributed by atoms with Crippen molar-refractivity contribution in [3.63, 3.8) is 0 Å². The van der Waals surface area contributed by atoms with Crippen molar-refractivity contribution in [2.75, 3.05) is 39.4 Å². The molecule has 3 aromatic rings. The predicted octanol–water partition coefficient (Wildman–Crippen LogP) is 2.35. The second-order valence-electron chi connectivity index (χ2n) is 12.5. The zero-order valence-corrected chi connectivity index (χ0v) is 23.0. The monoisotopic (exact) mass is 546 g/mol.